The monoisotopic (exact) mass is 397 g/mol. The fourth-order valence-electron chi connectivity index (χ4n) is 4.10. The molecular formula is C23H35N5O. The zero-order chi connectivity index (χ0) is 20.4. The molecule has 1 aliphatic rings. The summed E-state index contributed by atoms with van der Waals surface area (Å²) in [5.41, 5.74) is 2.64. The van der Waals surface area contributed by atoms with Crippen LogP contribution in [0.5, 0.6) is 0 Å². The second-order valence-electron chi connectivity index (χ2n) is 7.89. The van der Waals surface area contributed by atoms with E-state index in [-0.39, 0.29) is 0 Å². The van der Waals surface area contributed by atoms with Crippen molar-refractivity contribution in [3.63, 3.8) is 0 Å². The van der Waals surface area contributed by atoms with Crippen molar-refractivity contribution in [3.8, 4) is 5.69 Å². The quantitative estimate of drug-likeness (QED) is 0.365. The van der Waals surface area contributed by atoms with Gasteiger partial charge in [0.2, 0.25) is 0 Å². The van der Waals surface area contributed by atoms with Gasteiger partial charge in [-0.15, -0.1) is 0 Å². The van der Waals surface area contributed by atoms with Crippen LogP contribution in [0.4, 0.5) is 0 Å². The summed E-state index contributed by atoms with van der Waals surface area (Å²) in [5, 5.41) is 11.5. The average Bonchev–Trinajstić information content (AvgIpc) is 3.42. The van der Waals surface area contributed by atoms with Gasteiger partial charge in [-0.25, -0.2) is 4.68 Å². The first-order valence-electron chi connectivity index (χ1n) is 10.9. The summed E-state index contributed by atoms with van der Waals surface area (Å²) in [5.74, 6) is 0.878. The number of guanidine groups is 1. The molecule has 6 nitrogen and oxygen atoms in total. The van der Waals surface area contributed by atoms with Crippen molar-refractivity contribution in [3.05, 3.63) is 48.3 Å². The molecule has 0 spiro atoms. The van der Waals surface area contributed by atoms with Crippen molar-refractivity contribution in [2.75, 3.05) is 33.4 Å². The van der Waals surface area contributed by atoms with Gasteiger partial charge in [-0.2, -0.15) is 5.10 Å². The molecule has 3 rings (SSSR count). The lowest BCUT2D eigenvalue weighted by Gasteiger charge is -2.30. The van der Waals surface area contributed by atoms with Crippen LogP contribution in [0, 0.1) is 5.41 Å². The van der Waals surface area contributed by atoms with E-state index in [4.69, 9.17) is 4.74 Å². The molecule has 2 N–H and O–H groups in total. The summed E-state index contributed by atoms with van der Waals surface area (Å²) in [6, 6.07) is 10.2. The maximum atomic E-state index is 5.62. The largest absolute Gasteiger partial charge is 0.382 e. The summed E-state index contributed by atoms with van der Waals surface area (Å²) in [6.45, 7) is 5.51. The highest BCUT2D eigenvalue weighted by Crippen LogP contribution is 2.40. The van der Waals surface area contributed by atoms with E-state index in [1.807, 2.05) is 36.1 Å². The molecule has 1 heterocycles. The lowest BCUT2D eigenvalue weighted by Crippen LogP contribution is -2.43. The number of nitrogens with one attached hydrogen (secondary N) is 2. The average molecular weight is 398 g/mol. The van der Waals surface area contributed by atoms with Crippen molar-refractivity contribution >= 4 is 5.96 Å². The predicted octanol–water partition coefficient (Wildman–Crippen LogP) is 3.57. The number of hydrogen-bond acceptors (Lipinski definition) is 3. The first-order chi connectivity index (χ1) is 14.2. The zero-order valence-electron chi connectivity index (χ0n) is 17.9. The highest BCUT2D eigenvalue weighted by atomic mass is 16.5. The van der Waals surface area contributed by atoms with Gasteiger partial charge >= 0.3 is 0 Å². The normalized spacial score (nSPS) is 16.1. The molecule has 0 radical (unpaired) electrons. The van der Waals surface area contributed by atoms with Crippen LogP contribution < -0.4 is 10.6 Å². The number of para-hydroxylation sites is 1. The molecule has 1 aromatic heterocycles. The maximum Gasteiger partial charge on any atom is 0.191 e. The maximum absolute atomic E-state index is 5.62. The number of aliphatic imine (C=N–C) groups is 1. The Hall–Kier alpha value is -2.34. The van der Waals surface area contributed by atoms with Crippen LogP contribution >= 0.6 is 0 Å². The molecule has 1 saturated carbocycles. The van der Waals surface area contributed by atoms with Gasteiger partial charge in [-0.3, -0.25) is 4.99 Å². The van der Waals surface area contributed by atoms with Gasteiger partial charge in [0.15, 0.2) is 5.96 Å². The van der Waals surface area contributed by atoms with Crippen molar-refractivity contribution < 1.29 is 4.74 Å². The molecule has 0 amide bonds. The first-order valence-corrected chi connectivity index (χ1v) is 10.9. The lowest BCUT2D eigenvalue weighted by molar-refractivity contribution is 0.105. The molecule has 158 valence electrons. The standard InChI is InChI=1S/C23H35N5O/c1-3-29-16-14-23(12-7-8-13-23)19-26-22(24-2)25-15-11-20-17-27-28(18-20)21-9-5-4-6-10-21/h4-6,9-10,17-18H,3,7-8,11-16,19H2,1-2H3,(H2,24,25,26). The molecule has 0 aliphatic heterocycles. The van der Waals surface area contributed by atoms with Crippen molar-refractivity contribution in [1.29, 1.82) is 0 Å². The van der Waals surface area contributed by atoms with E-state index < -0.39 is 0 Å². The molecule has 0 saturated heterocycles. The molecule has 0 bridgehead atoms. The minimum atomic E-state index is 0.351. The van der Waals surface area contributed by atoms with Gasteiger partial charge < -0.3 is 15.4 Å². The van der Waals surface area contributed by atoms with Crippen molar-refractivity contribution in [1.82, 2.24) is 20.4 Å². The van der Waals surface area contributed by atoms with Crippen LogP contribution in [0.3, 0.4) is 0 Å². The molecule has 0 atom stereocenters. The molecule has 29 heavy (non-hydrogen) atoms. The highest BCUT2D eigenvalue weighted by molar-refractivity contribution is 5.79. The number of benzene rings is 1. The van der Waals surface area contributed by atoms with E-state index in [0.29, 0.717) is 5.41 Å². The van der Waals surface area contributed by atoms with Crippen LogP contribution in [-0.2, 0) is 11.2 Å². The summed E-state index contributed by atoms with van der Waals surface area (Å²) in [6.07, 6.45) is 11.3. The molecule has 0 unspecified atom stereocenters. The van der Waals surface area contributed by atoms with Crippen LogP contribution in [0.2, 0.25) is 0 Å². The fraction of sp³-hybridized carbons (Fsp3) is 0.565. The molecule has 2 aromatic rings. The second-order valence-corrected chi connectivity index (χ2v) is 7.89. The Morgan fingerprint density at radius 3 is 2.72 bits per heavy atom. The van der Waals surface area contributed by atoms with E-state index in [0.717, 1.165) is 50.8 Å². The number of hydrogen-bond donors (Lipinski definition) is 2. The Morgan fingerprint density at radius 2 is 2.00 bits per heavy atom. The summed E-state index contributed by atoms with van der Waals surface area (Å²) >= 11 is 0. The Balaban J connectivity index is 1.44. The fourth-order valence-corrected chi connectivity index (χ4v) is 4.10. The Morgan fingerprint density at radius 1 is 1.21 bits per heavy atom. The summed E-state index contributed by atoms with van der Waals surface area (Å²) in [7, 11) is 1.84. The van der Waals surface area contributed by atoms with E-state index in [1.165, 1.54) is 31.2 Å². The third-order valence-corrected chi connectivity index (χ3v) is 5.86. The Labute approximate surface area is 174 Å². The highest BCUT2D eigenvalue weighted by Gasteiger charge is 2.33. The van der Waals surface area contributed by atoms with Gasteiger partial charge in [0, 0.05) is 39.5 Å². The minimum absolute atomic E-state index is 0.351. The molecule has 1 aliphatic carbocycles. The van der Waals surface area contributed by atoms with Crippen LogP contribution in [-0.4, -0.2) is 49.1 Å². The smallest absolute Gasteiger partial charge is 0.191 e. The lowest BCUT2D eigenvalue weighted by atomic mass is 9.83. The molecule has 6 heteroatoms. The topological polar surface area (TPSA) is 63.5 Å². The van der Waals surface area contributed by atoms with E-state index in [9.17, 15) is 0 Å². The Bertz CT molecular complexity index is 750. The van der Waals surface area contributed by atoms with E-state index in [1.54, 1.807) is 0 Å². The second kappa shape index (κ2) is 11.0. The van der Waals surface area contributed by atoms with Crippen LogP contribution in [0.25, 0.3) is 5.69 Å². The number of aromatic nitrogens is 2. The van der Waals surface area contributed by atoms with Crippen LogP contribution in [0.1, 0.15) is 44.6 Å². The summed E-state index contributed by atoms with van der Waals surface area (Å²) in [4.78, 5) is 4.40. The number of nitrogens with zero attached hydrogens (tertiary/aromatic N) is 3. The van der Waals surface area contributed by atoms with Gasteiger partial charge in [0.05, 0.1) is 11.9 Å². The number of ether oxygens (including phenoxy) is 1. The van der Waals surface area contributed by atoms with E-state index >= 15 is 0 Å². The Kier molecular flexibility index (Phi) is 8.11. The predicted molar refractivity (Wildman–Crippen MR) is 119 cm³/mol. The third-order valence-electron chi connectivity index (χ3n) is 5.86. The molecular weight excluding hydrogens is 362 g/mol. The molecule has 1 fully saturated rings. The molecule has 1 aromatic carbocycles. The van der Waals surface area contributed by atoms with Crippen molar-refractivity contribution in [2.24, 2.45) is 10.4 Å². The first kappa shape index (κ1) is 21.4. The summed E-state index contributed by atoms with van der Waals surface area (Å²) < 4.78 is 7.54. The SMILES string of the molecule is CCOCCC1(CNC(=NC)NCCc2cnn(-c3ccccc3)c2)CCCC1. The van der Waals surface area contributed by atoms with Gasteiger partial charge in [-0.05, 0) is 55.7 Å². The zero-order valence-corrected chi connectivity index (χ0v) is 17.9. The van der Waals surface area contributed by atoms with Crippen LogP contribution in [0.15, 0.2) is 47.7 Å². The third kappa shape index (κ3) is 6.32. The minimum Gasteiger partial charge on any atom is -0.382 e. The van der Waals surface area contributed by atoms with E-state index in [2.05, 4.69) is 46.0 Å². The number of rotatable bonds is 10. The van der Waals surface area contributed by atoms with Gasteiger partial charge in [-0.1, -0.05) is 31.0 Å². The van der Waals surface area contributed by atoms with Gasteiger partial charge in [0.25, 0.3) is 0 Å². The van der Waals surface area contributed by atoms with Crippen molar-refractivity contribution in [2.45, 2.75) is 45.4 Å². The van der Waals surface area contributed by atoms with Gasteiger partial charge in [0.1, 0.15) is 0 Å².